The molecule has 0 atom stereocenters. The molecule has 10 heteroatoms. The third kappa shape index (κ3) is 7.16. The highest BCUT2D eigenvalue weighted by atomic mass is 32.2. The van der Waals surface area contributed by atoms with Crippen molar-refractivity contribution in [3.05, 3.63) is 59.4 Å². The SMILES string of the molecule is CS(=O)(=O)Oc1cccc(C(=O)NC2CCN(Cc3ccc(F)c(OCCF)c3)CC2)c1. The lowest BCUT2D eigenvalue weighted by Crippen LogP contribution is -2.44. The average Bonchev–Trinajstić information content (AvgIpc) is 2.74. The number of ether oxygens (including phenoxy) is 1. The second-order valence-electron chi connectivity index (χ2n) is 7.64. The van der Waals surface area contributed by atoms with E-state index in [2.05, 4.69) is 10.2 Å². The minimum atomic E-state index is -3.67. The summed E-state index contributed by atoms with van der Waals surface area (Å²) in [5, 5.41) is 2.97. The van der Waals surface area contributed by atoms with Crippen LogP contribution in [0.15, 0.2) is 42.5 Å². The molecule has 0 unspecified atom stereocenters. The maximum absolute atomic E-state index is 13.8. The Bertz CT molecular complexity index is 1040. The van der Waals surface area contributed by atoms with Crippen LogP contribution in [0.4, 0.5) is 8.78 Å². The zero-order valence-electron chi connectivity index (χ0n) is 17.7. The van der Waals surface area contributed by atoms with Gasteiger partial charge < -0.3 is 14.2 Å². The zero-order valence-corrected chi connectivity index (χ0v) is 18.5. The number of rotatable bonds is 9. The molecule has 1 heterocycles. The number of hydrogen-bond acceptors (Lipinski definition) is 6. The Balaban J connectivity index is 1.51. The summed E-state index contributed by atoms with van der Waals surface area (Å²) < 4.78 is 58.5. The summed E-state index contributed by atoms with van der Waals surface area (Å²) in [4.78, 5) is 14.7. The predicted octanol–water partition coefficient (Wildman–Crippen LogP) is 2.91. The van der Waals surface area contributed by atoms with E-state index >= 15 is 0 Å². The van der Waals surface area contributed by atoms with Crippen LogP contribution in [0.3, 0.4) is 0 Å². The van der Waals surface area contributed by atoms with Gasteiger partial charge in [-0.2, -0.15) is 8.42 Å². The third-order valence-corrected chi connectivity index (χ3v) is 5.50. The van der Waals surface area contributed by atoms with Crippen molar-refractivity contribution in [2.75, 3.05) is 32.6 Å². The molecule has 1 aliphatic heterocycles. The Hall–Kier alpha value is -2.72. The highest BCUT2D eigenvalue weighted by molar-refractivity contribution is 7.86. The molecule has 1 N–H and O–H groups in total. The van der Waals surface area contributed by atoms with Crippen LogP contribution in [0.1, 0.15) is 28.8 Å². The van der Waals surface area contributed by atoms with Crippen LogP contribution in [-0.4, -0.2) is 57.9 Å². The third-order valence-electron chi connectivity index (χ3n) is 5.00. The van der Waals surface area contributed by atoms with Gasteiger partial charge in [0.15, 0.2) is 11.6 Å². The number of alkyl halides is 1. The number of halogens is 2. The summed E-state index contributed by atoms with van der Waals surface area (Å²) in [7, 11) is -3.67. The monoisotopic (exact) mass is 468 g/mol. The molecule has 1 amide bonds. The number of nitrogens with one attached hydrogen (secondary N) is 1. The van der Waals surface area contributed by atoms with Crippen LogP contribution < -0.4 is 14.2 Å². The van der Waals surface area contributed by atoms with Gasteiger partial charge in [-0.1, -0.05) is 12.1 Å². The zero-order chi connectivity index (χ0) is 23.1. The van der Waals surface area contributed by atoms with E-state index in [4.69, 9.17) is 8.92 Å². The van der Waals surface area contributed by atoms with Crippen molar-refractivity contribution >= 4 is 16.0 Å². The van der Waals surface area contributed by atoms with E-state index in [9.17, 15) is 22.0 Å². The van der Waals surface area contributed by atoms with E-state index < -0.39 is 22.6 Å². The van der Waals surface area contributed by atoms with E-state index in [1.54, 1.807) is 24.3 Å². The molecular formula is C22H26F2N2O5S. The quantitative estimate of drug-likeness (QED) is 0.570. The minimum Gasteiger partial charge on any atom is -0.488 e. The maximum atomic E-state index is 13.8. The van der Waals surface area contributed by atoms with Gasteiger partial charge >= 0.3 is 10.1 Å². The summed E-state index contributed by atoms with van der Waals surface area (Å²) in [6.45, 7) is 1.20. The second-order valence-corrected chi connectivity index (χ2v) is 9.22. The van der Waals surface area contributed by atoms with Crippen LogP contribution in [0.5, 0.6) is 11.5 Å². The number of carbonyl (C=O) groups excluding carboxylic acids is 1. The van der Waals surface area contributed by atoms with Gasteiger partial charge in [-0.05, 0) is 48.7 Å². The molecule has 0 aromatic heterocycles. The first-order chi connectivity index (χ1) is 15.2. The van der Waals surface area contributed by atoms with Crippen molar-refractivity contribution in [2.45, 2.75) is 25.4 Å². The lowest BCUT2D eigenvalue weighted by Gasteiger charge is -2.32. The summed E-state index contributed by atoms with van der Waals surface area (Å²) in [6.07, 6.45) is 2.41. The average molecular weight is 469 g/mol. The van der Waals surface area contributed by atoms with Crippen molar-refractivity contribution in [3.63, 3.8) is 0 Å². The van der Waals surface area contributed by atoms with Gasteiger partial charge in [0.25, 0.3) is 5.91 Å². The molecule has 0 spiro atoms. The molecule has 0 bridgehead atoms. The highest BCUT2D eigenvalue weighted by Gasteiger charge is 2.22. The van der Waals surface area contributed by atoms with Gasteiger partial charge in [-0.3, -0.25) is 9.69 Å². The molecule has 1 fully saturated rings. The minimum absolute atomic E-state index is 0.0186. The fourth-order valence-electron chi connectivity index (χ4n) is 3.53. The Morgan fingerprint density at radius 2 is 1.94 bits per heavy atom. The van der Waals surface area contributed by atoms with Gasteiger partial charge in [-0.15, -0.1) is 0 Å². The van der Waals surface area contributed by atoms with Gasteiger partial charge in [0.05, 0.1) is 6.26 Å². The molecule has 2 aromatic carbocycles. The first-order valence-electron chi connectivity index (χ1n) is 10.2. The Morgan fingerprint density at radius 1 is 1.19 bits per heavy atom. The summed E-state index contributed by atoms with van der Waals surface area (Å²) >= 11 is 0. The number of carbonyl (C=O) groups is 1. The van der Waals surface area contributed by atoms with Crippen LogP contribution in [-0.2, 0) is 16.7 Å². The van der Waals surface area contributed by atoms with Gasteiger partial charge in [0.1, 0.15) is 19.0 Å². The highest BCUT2D eigenvalue weighted by Crippen LogP contribution is 2.22. The smallest absolute Gasteiger partial charge is 0.306 e. The number of nitrogens with zero attached hydrogens (tertiary/aromatic N) is 1. The van der Waals surface area contributed by atoms with Crippen LogP contribution in [0.25, 0.3) is 0 Å². The molecular weight excluding hydrogens is 442 g/mol. The molecule has 32 heavy (non-hydrogen) atoms. The standard InChI is InChI=1S/C22H26F2N2O5S/c1-32(28,29)31-19-4-2-3-17(14-19)22(27)25-18-7-10-26(11-8-18)15-16-5-6-20(24)21(13-16)30-12-9-23/h2-6,13-14,18H,7-12,15H2,1H3,(H,25,27). The Morgan fingerprint density at radius 3 is 2.62 bits per heavy atom. The summed E-state index contributed by atoms with van der Waals surface area (Å²) in [5.41, 5.74) is 1.19. The Labute approximate surface area is 186 Å². The molecule has 0 radical (unpaired) electrons. The number of hydrogen-bond donors (Lipinski definition) is 1. The number of likely N-dealkylation sites (tertiary alicyclic amines) is 1. The summed E-state index contributed by atoms with van der Waals surface area (Å²) in [6, 6.07) is 10.6. The topological polar surface area (TPSA) is 84.9 Å². The maximum Gasteiger partial charge on any atom is 0.306 e. The van der Waals surface area contributed by atoms with E-state index in [1.807, 2.05) is 0 Å². The Kier molecular flexibility index (Phi) is 8.03. The molecule has 0 aliphatic carbocycles. The molecule has 0 saturated carbocycles. The van der Waals surface area contributed by atoms with Crippen molar-refractivity contribution in [3.8, 4) is 11.5 Å². The van der Waals surface area contributed by atoms with Gasteiger partial charge in [0, 0.05) is 31.2 Å². The molecule has 1 aliphatic rings. The van der Waals surface area contributed by atoms with Crippen LogP contribution >= 0.6 is 0 Å². The van der Waals surface area contributed by atoms with Crippen molar-refractivity contribution in [1.82, 2.24) is 10.2 Å². The molecule has 7 nitrogen and oxygen atoms in total. The molecule has 1 saturated heterocycles. The molecule has 174 valence electrons. The van der Waals surface area contributed by atoms with Crippen LogP contribution in [0, 0.1) is 5.82 Å². The normalized spacial score (nSPS) is 15.3. The first-order valence-corrected chi connectivity index (χ1v) is 12.0. The van der Waals surface area contributed by atoms with E-state index in [1.165, 1.54) is 18.2 Å². The number of amides is 1. The second kappa shape index (κ2) is 10.7. The van der Waals surface area contributed by atoms with Crippen molar-refractivity contribution < 1.29 is 30.9 Å². The lowest BCUT2D eigenvalue weighted by atomic mass is 10.0. The molecule has 2 aromatic rings. The fourth-order valence-corrected chi connectivity index (χ4v) is 3.98. The predicted molar refractivity (Wildman–Crippen MR) is 116 cm³/mol. The largest absolute Gasteiger partial charge is 0.488 e. The fraction of sp³-hybridized carbons (Fsp3) is 0.409. The van der Waals surface area contributed by atoms with E-state index in [0.717, 1.165) is 37.8 Å². The molecule has 3 rings (SSSR count). The van der Waals surface area contributed by atoms with Crippen LogP contribution in [0.2, 0.25) is 0 Å². The lowest BCUT2D eigenvalue weighted by molar-refractivity contribution is 0.0908. The van der Waals surface area contributed by atoms with Crippen molar-refractivity contribution in [1.29, 1.82) is 0 Å². The van der Waals surface area contributed by atoms with Crippen molar-refractivity contribution in [2.24, 2.45) is 0 Å². The van der Waals surface area contributed by atoms with E-state index in [0.29, 0.717) is 12.1 Å². The number of piperidine rings is 1. The van der Waals surface area contributed by atoms with Gasteiger partial charge in [0.2, 0.25) is 0 Å². The summed E-state index contributed by atoms with van der Waals surface area (Å²) in [5.74, 6) is -0.682. The van der Waals surface area contributed by atoms with Gasteiger partial charge in [-0.25, -0.2) is 8.78 Å². The number of benzene rings is 2. The first kappa shape index (κ1) is 23.9. The van der Waals surface area contributed by atoms with E-state index in [-0.39, 0.29) is 30.1 Å².